The number of hydrogen-bond donors (Lipinski definition) is 0. The molecule has 5 nitrogen and oxygen atoms in total. The van der Waals surface area contributed by atoms with E-state index in [0.717, 1.165) is 24.2 Å². The van der Waals surface area contributed by atoms with Gasteiger partial charge in [-0.3, -0.25) is 9.59 Å². The molecule has 0 spiro atoms. The summed E-state index contributed by atoms with van der Waals surface area (Å²) in [6, 6.07) is 8.08. The predicted octanol–water partition coefficient (Wildman–Crippen LogP) is 2.44. The van der Waals surface area contributed by atoms with Crippen LogP contribution in [-0.2, 0) is 16.1 Å². The zero-order valence-corrected chi connectivity index (χ0v) is 14.5. The Morgan fingerprint density at radius 3 is 2.71 bits per heavy atom. The molecular formula is C19H26N2O3. The summed E-state index contributed by atoms with van der Waals surface area (Å²) in [5.74, 6) is 0.769. The molecule has 0 N–H and O–H groups in total. The minimum absolute atomic E-state index is 0.0507. The second-order valence-corrected chi connectivity index (χ2v) is 6.89. The number of carbonyl (C=O) groups excluding carboxylic acids is 2. The van der Waals surface area contributed by atoms with Gasteiger partial charge in [0.05, 0.1) is 13.0 Å². The molecule has 0 unspecified atom stereocenters. The van der Waals surface area contributed by atoms with E-state index in [1.54, 1.807) is 19.1 Å². The van der Waals surface area contributed by atoms with Gasteiger partial charge in [0.1, 0.15) is 5.75 Å². The van der Waals surface area contributed by atoms with Crippen molar-refractivity contribution in [2.45, 2.75) is 44.7 Å². The van der Waals surface area contributed by atoms with Gasteiger partial charge in [0.15, 0.2) is 0 Å². The number of nitrogens with zero attached hydrogens (tertiary/aromatic N) is 2. The van der Waals surface area contributed by atoms with Gasteiger partial charge in [-0.1, -0.05) is 31.0 Å². The number of ether oxygens (including phenoxy) is 1. The van der Waals surface area contributed by atoms with Gasteiger partial charge in [0.25, 0.3) is 0 Å². The molecule has 1 aliphatic heterocycles. The summed E-state index contributed by atoms with van der Waals surface area (Å²) in [5.41, 5.74) is 0.979. The number of rotatable bonds is 5. The molecule has 1 aliphatic carbocycles. The Kier molecular flexibility index (Phi) is 5.07. The van der Waals surface area contributed by atoms with Crippen LogP contribution in [0.1, 0.15) is 37.7 Å². The van der Waals surface area contributed by atoms with Crippen molar-refractivity contribution in [3.8, 4) is 5.75 Å². The van der Waals surface area contributed by atoms with E-state index < -0.39 is 0 Å². The van der Waals surface area contributed by atoms with E-state index in [9.17, 15) is 9.59 Å². The maximum atomic E-state index is 12.8. The fourth-order valence-corrected chi connectivity index (χ4v) is 3.94. The standard InChI is InChI=1S/C19H26N2O3/c1-20(12-14-7-3-6-10-17(14)24-2)19(23)15-11-18(22)21(13-15)16-8-4-5-9-16/h3,6-7,10,15-16H,4-5,8-9,11-13H2,1-2H3/t15-/m0/s1. The summed E-state index contributed by atoms with van der Waals surface area (Å²) in [6.07, 6.45) is 4.92. The summed E-state index contributed by atoms with van der Waals surface area (Å²) < 4.78 is 5.35. The van der Waals surface area contributed by atoms with E-state index in [-0.39, 0.29) is 17.7 Å². The van der Waals surface area contributed by atoms with Crippen molar-refractivity contribution in [1.82, 2.24) is 9.80 Å². The lowest BCUT2D eigenvalue weighted by Crippen LogP contribution is -2.37. The first kappa shape index (κ1) is 16.8. The van der Waals surface area contributed by atoms with E-state index in [2.05, 4.69) is 0 Å². The highest BCUT2D eigenvalue weighted by molar-refractivity contribution is 5.89. The third kappa shape index (κ3) is 3.40. The molecule has 5 heteroatoms. The van der Waals surface area contributed by atoms with Crippen LogP contribution in [0, 0.1) is 5.92 Å². The largest absolute Gasteiger partial charge is 0.496 e. The van der Waals surface area contributed by atoms with Gasteiger partial charge in [-0.2, -0.15) is 0 Å². The number of hydrogen-bond acceptors (Lipinski definition) is 3. The van der Waals surface area contributed by atoms with Gasteiger partial charge in [-0.15, -0.1) is 0 Å². The van der Waals surface area contributed by atoms with Crippen molar-refractivity contribution in [2.75, 3.05) is 20.7 Å². The molecule has 2 amide bonds. The molecule has 24 heavy (non-hydrogen) atoms. The lowest BCUT2D eigenvalue weighted by molar-refractivity contribution is -0.135. The SMILES string of the molecule is COc1ccccc1CN(C)C(=O)[C@H]1CC(=O)N(C2CCCC2)C1. The van der Waals surface area contributed by atoms with Crippen LogP contribution in [0.15, 0.2) is 24.3 Å². The molecule has 0 radical (unpaired) electrons. The number of amides is 2. The first-order valence-electron chi connectivity index (χ1n) is 8.76. The fraction of sp³-hybridized carbons (Fsp3) is 0.579. The first-order chi connectivity index (χ1) is 11.6. The molecule has 1 saturated heterocycles. The minimum Gasteiger partial charge on any atom is -0.496 e. The molecule has 1 saturated carbocycles. The van der Waals surface area contributed by atoms with Crippen LogP contribution < -0.4 is 4.74 Å². The van der Waals surface area contributed by atoms with Crippen molar-refractivity contribution in [3.63, 3.8) is 0 Å². The van der Waals surface area contributed by atoms with Crippen LogP contribution in [0.2, 0.25) is 0 Å². The summed E-state index contributed by atoms with van der Waals surface area (Å²) in [6.45, 7) is 1.08. The second-order valence-electron chi connectivity index (χ2n) is 6.89. The van der Waals surface area contributed by atoms with E-state index >= 15 is 0 Å². The highest BCUT2D eigenvalue weighted by atomic mass is 16.5. The molecule has 2 fully saturated rings. The van der Waals surface area contributed by atoms with Gasteiger partial charge in [0.2, 0.25) is 11.8 Å². The van der Waals surface area contributed by atoms with Crippen LogP contribution in [0.4, 0.5) is 0 Å². The Labute approximate surface area is 143 Å². The smallest absolute Gasteiger partial charge is 0.228 e. The van der Waals surface area contributed by atoms with E-state index in [4.69, 9.17) is 4.74 Å². The van der Waals surface area contributed by atoms with E-state index in [0.29, 0.717) is 25.6 Å². The Hall–Kier alpha value is -2.04. The predicted molar refractivity (Wildman–Crippen MR) is 91.5 cm³/mol. The third-order valence-electron chi connectivity index (χ3n) is 5.25. The fourth-order valence-electron chi connectivity index (χ4n) is 3.94. The highest BCUT2D eigenvalue weighted by Gasteiger charge is 2.39. The van der Waals surface area contributed by atoms with Crippen molar-refractivity contribution in [2.24, 2.45) is 5.92 Å². The van der Waals surface area contributed by atoms with Crippen LogP contribution >= 0.6 is 0 Å². The maximum Gasteiger partial charge on any atom is 0.228 e. The van der Waals surface area contributed by atoms with Gasteiger partial charge in [-0.25, -0.2) is 0 Å². The van der Waals surface area contributed by atoms with E-state index in [1.807, 2.05) is 29.2 Å². The van der Waals surface area contributed by atoms with Crippen molar-refractivity contribution < 1.29 is 14.3 Å². The number of benzene rings is 1. The molecule has 1 aromatic carbocycles. The van der Waals surface area contributed by atoms with Crippen LogP contribution in [0.5, 0.6) is 5.75 Å². The van der Waals surface area contributed by atoms with Crippen LogP contribution in [-0.4, -0.2) is 48.4 Å². The third-order valence-corrected chi connectivity index (χ3v) is 5.25. The lowest BCUT2D eigenvalue weighted by Gasteiger charge is -2.25. The highest BCUT2D eigenvalue weighted by Crippen LogP contribution is 2.30. The normalized spacial score (nSPS) is 21.3. The number of likely N-dealkylation sites (tertiary alicyclic amines) is 1. The van der Waals surface area contributed by atoms with Crippen LogP contribution in [0.3, 0.4) is 0 Å². The zero-order valence-electron chi connectivity index (χ0n) is 14.5. The Morgan fingerprint density at radius 2 is 2.00 bits per heavy atom. The van der Waals surface area contributed by atoms with Crippen molar-refractivity contribution in [1.29, 1.82) is 0 Å². The molecule has 130 valence electrons. The average molecular weight is 330 g/mol. The maximum absolute atomic E-state index is 12.8. The van der Waals surface area contributed by atoms with Crippen molar-refractivity contribution in [3.05, 3.63) is 29.8 Å². The molecule has 0 aromatic heterocycles. The lowest BCUT2D eigenvalue weighted by atomic mass is 10.1. The second kappa shape index (κ2) is 7.24. The molecule has 3 rings (SSSR count). The molecule has 1 atom stereocenters. The first-order valence-corrected chi connectivity index (χ1v) is 8.76. The molecule has 0 bridgehead atoms. The monoisotopic (exact) mass is 330 g/mol. The summed E-state index contributed by atoms with van der Waals surface area (Å²) in [5, 5.41) is 0. The van der Waals surface area contributed by atoms with Gasteiger partial charge < -0.3 is 14.5 Å². The Morgan fingerprint density at radius 1 is 1.29 bits per heavy atom. The van der Waals surface area contributed by atoms with Crippen LogP contribution in [0.25, 0.3) is 0 Å². The number of methoxy groups -OCH3 is 1. The Balaban J connectivity index is 1.62. The molecule has 1 heterocycles. The summed E-state index contributed by atoms with van der Waals surface area (Å²) in [7, 11) is 3.44. The van der Waals surface area contributed by atoms with Gasteiger partial charge in [0, 0.05) is 38.2 Å². The number of para-hydroxylation sites is 1. The average Bonchev–Trinajstić information content (AvgIpc) is 3.23. The summed E-state index contributed by atoms with van der Waals surface area (Å²) in [4.78, 5) is 28.7. The summed E-state index contributed by atoms with van der Waals surface area (Å²) >= 11 is 0. The quantitative estimate of drug-likeness (QED) is 0.833. The molecular weight excluding hydrogens is 304 g/mol. The molecule has 2 aliphatic rings. The molecule has 1 aromatic rings. The van der Waals surface area contributed by atoms with Gasteiger partial charge in [-0.05, 0) is 18.9 Å². The minimum atomic E-state index is -0.210. The zero-order chi connectivity index (χ0) is 17.1. The Bertz CT molecular complexity index is 610. The topological polar surface area (TPSA) is 49.9 Å². The van der Waals surface area contributed by atoms with Gasteiger partial charge >= 0.3 is 0 Å². The number of carbonyl (C=O) groups is 2. The van der Waals surface area contributed by atoms with Crippen molar-refractivity contribution >= 4 is 11.8 Å². The van der Waals surface area contributed by atoms with E-state index in [1.165, 1.54) is 12.8 Å².